The molecule has 4 heteroatoms. The number of fused-ring (bicyclic) bond motifs is 1. The molecule has 0 bridgehead atoms. The number of rotatable bonds is 4. The van der Waals surface area contributed by atoms with E-state index in [1.165, 1.54) is 7.11 Å². The predicted molar refractivity (Wildman–Crippen MR) is 104 cm³/mol. The Labute approximate surface area is 159 Å². The molecule has 0 N–H and O–H groups in total. The van der Waals surface area contributed by atoms with Crippen LogP contribution in [-0.4, -0.2) is 25.0 Å². The van der Waals surface area contributed by atoms with E-state index in [-0.39, 0.29) is 12.2 Å². The van der Waals surface area contributed by atoms with Gasteiger partial charge in [0.25, 0.3) is 0 Å². The normalized spacial score (nSPS) is 20.7. The third-order valence-electron chi connectivity index (χ3n) is 4.92. The molecular weight excluding hydrogens is 340 g/mol. The molecule has 0 radical (unpaired) electrons. The number of aryl methyl sites for hydroxylation is 1. The van der Waals surface area contributed by atoms with Crippen molar-refractivity contribution in [1.29, 1.82) is 0 Å². The van der Waals surface area contributed by atoms with E-state index in [1.807, 2.05) is 37.3 Å². The molecule has 1 aliphatic rings. The zero-order chi connectivity index (χ0) is 19.4. The van der Waals surface area contributed by atoms with Gasteiger partial charge in [0, 0.05) is 6.42 Å². The van der Waals surface area contributed by atoms with Crippen LogP contribution in [0.4, 0.5) is 0 Å². The van der Waals surface area contributed by atoms with Gasteiger partial charge in [-0.15, -0.1) is 5.73 Å². The van der Waals surface area contributed by atoms with E-state index in [2.05, 4.69) is 5.73 Å². The van der Waals surface area contributed by atoms with Gasteiger partial charge in [-0.05, 0) is 43.7 Å². The number of para-hydroxylation sites is 1. The highest BCUT2D eigenvalue weighted by Gasteiger charge is 2.55. The highest BCUT2D eigenvalue weighted by Crippen LogP contribution is 2.42. The molecule has 2 aromatic carbocycles. The molecule has 3 rings (SSSR count). The highest BCUT2D eigenvalue weighted by atomic mass is 16.5. The SMILES string of the molecule is COC(=O)C1(CC=C=Cc2cccc(C)c2)C(=O)c2ccccc2OC1C. The van der Waals surface area contributed by atoms with E-state index >= 15 is 0 Å². The zero-order valence-electron chi connectivity index (χ0n) is 15.7. The largest absolute Gasteiger partial charge is 0.488 e. The summed E-state index contributed by atoms with van der Waals surface area (Å²) >= 11 is 0. The van der Waals surface area contributed by atoms with Crippen molar-refractivity contribution in [2.24, 2.45) is 5.41 Å². The summed E-state index contributed by atoms with van der Waals surface area (Å²) in [5, 5.41) is 0. The third kappa shape index (κ3) is 3.44. The van der Waals surface area contributed by atoms with Crippen LogP contribution in [0.1, 0.15) is 34.8 Å². The summed E-state index contributed by atoms with van der Waals surface area (Å²) in [5.74, 6) is -0.380. The van der Waals surface area contributed by atoms with Gasteiger partial charge in [-0.3, -0.25) is 9.59 Å². The Kier molecular flexibility index (Phi) is 5.29. The minimum absolute atomic E-state index is 0.149. The van der Waals surface area contributed by atoms with Crippen LogP contribution >= 0.6 is 0 Å². The Balaban J connectivity index is 1.95. The summed E-state index contributed by atoms with van der Waals surface area (Å²) in [7, 11) is 1.29. The van der Waals surface area contributed by atoms with Crippen LogP contribution in [0.2, 0.25) is 0 Å². The number of Topliss-reactive ketones (excluding diaryl/α,β-unsaturated/α-hetero) is 1. The fraction of sp³-hybridized carbons (Fsp3) is 0.261. The van der Waals surface area contributed by atoms with Crippen molar-refractivity contribution in [1.82, 2.24) is 0 Å². The second-order valence-corrected chi connectivity index (χ2v) is 6.68. The summed E-state index contributed by atoms with van der Waals surface area (Å²) in [6.45, 7) is 3.74. The molecule has 0 amide bonds. The zero-order valence-corrected chi connectivity index (χ0v) is 15.7. The summed E-state index contributed by atoms with van der Waals surface area (Å²) < 4.78 is 10.9. The second kappa shape index (κ2) is 7.65. The first kappa shape index (κ1) is 18.7. The van der Waals surface area contributed by atoms with Crippen LogP contribution < -0.4 is 4.74 Å². The van der Waals surface area contributed by atoms with Crippen molar-refractivity contribution in [3.8, 4) is 5.75 Å². The monoisotopic (exact) mass is 362 g/mol. The Morgan fingerprint density at radius 3 is 2.78 bits per heavy atom. The maximum atomic E-state index is 13.2. The van der Waals surface area contributed by atoms with Crippen molar-refractivity contribution >= 4 is 17.8 Å². The minimum atomic E-state index is -1.42. The molecule has 0 saturated heterocycles. The first-order valence-corrected chi connectivity index (χ1v) is 8.85. The van der Waals surface area contributed by atoms with E-state index in [1.54, 1.807) is 37.3 Å². The van der Waals surface area contributed by atoms with Gasteiger partial charge in [-0.2, -0.15) is 0 Å². The average molecular weight is 362 g/mol. The maximum Gasteiger partial charge on any atom is 0.323 e. The first-order valence-electron chi connectivity index (χ1n) is 8.85. The van der Waals surface area contributed by atoms with Crippen LogP contribution in [-0.2, 0) is 9.53 Å². The average Bonchev–Trinajstić information content (AvgIpc) is 2.67. The molecule has 0 fully saturated rings. The van der Waals surface area contributed by atoms with Crippen molar-refractivity contribution in [3.63, 3.8) is 0 Å². The van der Waals surface area contributed by atoms with Gasteiger partial charge in [0.05, 0.1) is 12.7 Å². The number of hydrogen-bond acceptors (Lipinski definition) is 4. The van der Waals surface area contributed by atoms with Crippen LogP contribution in [0, 0.1) is 12.3 Å². The van der Waals surface area contributed by atoms with E-state index in [4.69, 9.17) is 9.47 Å². The van der Waals surface area contributed by atoms with E-state index in [9.17, 15) is 9.59 Å². The topological polar surface area (TPSA) is 52.6 Å². The van der Waals surface area contributed by atoms with Gasteiger partial charge < -0.3 is 9.47 Å². The van der Waals surface area contributed by atoms with E-state index in [0.717, 1.165) is 11.1 Å². The fourth-order valence-electron chi connectivity index (χ4n) is 3.39. The number of methoxy groups -OCH3 is 1. The number of allylic oxidation sites excluding steroid dienone is 1. The Morgan fingerprint density at radius 1 is 1.26 bits per heavy atom. The molecule has 1 heterocycles. The third-order valence-corrected chi connectivity index (χ3v) is 4.92. The van der Waals surface area contributed by atoms with Gasteiger partial charge in [0.1, 0.15) is 11.9 Å². The van der Waals surface area contributed by atoms with Crippen LogP contribution in [0.15, 0.2) is 60.3 Å². The molecule has 0 aromatic heterocycles. The molecule has 138 valence electrons. The van der Waals surface area contributed by atoms with Crippen molar-refractivity contribution < 1.29 is 19.1 Å². The fourth-order valence-corrected chi connectivity index (χ4v) is 3.39. The predicted octanol–water partition coefficient (Wildman–Crippen LogP) is 4.38. The lowest BCUT2D eigenvalue weighted by Crippen LogP contribution is -2.53. The summed E-state index contributed by atoms with van der Waals surface area (Å²) in [5.41, 5.74) is 4.21. The number of ketones is 1. The van der Waals surface area contributed by atoms with Crippen molar-refractivity contribution in [3.05, 3.63) is 77.0 Å². The summed E-state index contributed by atoms with van der Waals surface area (Å²) in [4.78, 5) is 25.9. The molecule has 1 aliphatic heterocycles. The van der Waals surface area contributed by atoms with Gasteiger partial charge in [0.15, 0.2) is 11.2 Å². The van der Waals surface area contributed by atoms with Crippen LogP contribution in [0.3, 0.4) is 0 Å². The number of carbonyl (C=O) groups excluding carboxylic acids is 2. The Morgan fingerprint density at radius 2 is 2.04 bits per heavy atom. The quantitative estimate of drug-likeness (QED) is 0.460. The maximum absolute atomic E-state index is 13.2. The van der Waals surface area contributed by atoms with Gasteiger partial charge in [0.2, 0.25) is 0 Å². The molecule has 4 nitrogen and oxygen atoms in total. The highest BCUT2D eigenvalue weighted by molar-refractivity contribution is 6.15. The number of ether oxygens (including phenoxy) is 2. The first-order chi connectivity index (χ1) is 13.0. The molecule has 2 atom stereocenters. The molecular formula is C23H22O4. The lowest BCUT2D eigenvalue weighted by molar-refractivity contribution is -0.154. The number of carbonyl (C=O) groups is 2. The lowest BCUT2D eigenvalue weighted by atomic mass is 9.71. The molecule has 2 aromatic rings. The Bertz CT molecular complexity index is 937. The smallest absolute Gasteiger partial charge is 0.323 e. The van der Waals surface area contributed by atoms with E-state index < -0.39 is 17.5 Å². The molecule has 0 aliphatic carbocycles. The summed E-state index contributed by atoms with van der Waals surface area (Å²) in [6, 6.07) is 15.0. The number of benzene rings is 2. The molecule has 0 spiro atoms. The summed E-state index contributed by atoms with van der Waals surface area (Å²) in [6.07, 6.45) is 3.02. The van der Waals surface area contributed by atoms with Crippen molar-refractivity contribution in [2.45, 2.75) is 26.4 Å². The minimum Gasteiger partial charge on any atom is -0.488 e. The standard InChI is InChI=1S/C23H22O4/c1-16-9-8-11-18(15-16)10-6-7-14-23(22(25)26-3)17(2)27-20-13-5-4-12-19(20)21(23)24/h4-5,7-13,15,17H,14H2,1-3H3. The Hall–Kier alpha value is -3.10. The van der Waals surface area contributed by atoms with Crippen LogP contribution in [0.5, 0.6) is 5.75 Å². The van der Waals surface area contributed by atoms with Gasteiger partial charge >= 0.3 is 5.97 Å². The molecule has 0 saturated carbocycles. The van der Waals surface area contributed by atoms with Gasteiger partial charge in [-0.1, -0.05) is 42.0 Å². The van der Waals surface area contributed by atoms with Crippen LogP contribution in [0.25, 0.3) is 6.08 Å². The van der Waals surface area contributed by atoms with E-state index in [0.29, 0.717) is 11.3 Å². The van der Waals surface area contributed by atoms with Gasteiger partial charge in [-0.25, -0.2) is 0 Å². The lowest BCUT2D eigenvalue weighted by Gasteiger charge is -2.38. The van der Waals surface area contributed by atoms with Crippen molar-refractivity contribution in [2.75, 3.05) is 7.11 Å². The molecule has 2 unspecified atom stereocenters. The number of esters is 1. The number of hydrogen-bond donors (Lipinski definition) is 0. The second-order valence-electron chi connectivity index (χ2n) is 6.68. The molecule has 27 heavy (non-hydrogen) atoms.